The maximum absolute atomic E-state index is 13.8. The molecule has 3 heterocycles. The Morgan fingerprint density at radius 1 is 0.683 bits per heavy atom. The lowest BCUT2D eigenvalue weighted by Crippen LogP contribution is -2.59. The van der Waals surface area contributed by atoms with Crippen molar-refractivity contribution in [3.8, 4) is 0 Å². The third kappa shape index (κ3) is 14.7. The van der Waals surface area contributed by atoms with Gasteiger partial charge in [-0.15, -0.1) is 0 Å². The van der Waals surface area contributed by atoms with Gasteiger partial charge >= 0.3 is 5.97 Å². The van der Waals surface area contributed by atoms with Gasteiger partial charge in [-0.05, 0) is 104 Å². The molecule has 3 saturated heterocycles. The predicted octanol–water partition coefficient (Wildman–Crippen LogP) is -4.24. The number of nitrogens with zero attached hydrogens (tertiary/aromatic N) is 2. The molecule has 0 spiro atoms. The number of amides is 8. The number of carboxylic acids is 1. The van der Waals surface area contributed by atoms with Crippen LogP contribution in [-0.2, 0) is 43.2 Å². The maximum Gasteiger partial charge on any atom is 0.326 e. The highest BCUT2D eigenvalue weighted by atomic mass is 16.4. The maximum atomic E-state index is 13.8. The van der Waals surface area contributed by atoms with Crippen LogP contribution in [0.25, 0.3) is 0 Å². The van der Waals surface area contributed by atoms with E-state index in [0.29, 0.717) is 51.6 Å². The van der Waals surface area contributed by atoms with Gasteiger partial charge in [0.05, 0.1) is 12.1 Å². The van der Waals surface area contributed by atoms with Gasteiger partial charge in [-0.1, -0.05) is 0 Å². The highest BCUT2D eigenvalue weighted by Gasteiger charge is 2.43. The molecule has 3 fully saturated rings. The number of primary amides is 1. The first kappa shape index (κ1) is 49.4. The number of aliphatic carboxylic acids is 1. The van der Waals surface area contributed by atoms with E-state index in [1.54, 1.807) is 0 Å². The topological polar surface area (TPSA) is 351 Å². The fourth-order valence-electron chi connectivity index (χ4n) is 7.64. The number of β-amino-alcohol motifs (C(OH)–C–C–N with tert-alkyl or cyclic N) is 1. The Balaban J connectivity index is 1.70. The first-order chi connectivity index (χ1) is 28.5. The van der Waals surface area contributed by atoms with Gasteiger partial charge in [-0.25, -0.2) is 4.79 Å². The lowest BCUT2D eigenvalue weighted by Gasteiger charge is -2.30. The van der Waals surface area contributed by atoms with Crippen LogP contribution in [-0.4, -0.2) is 160 Å². The average molecular weight is 852 g/mol. The van der Waals surface area contributed by atoms with Gasteiger partial charge in [0.2, 0.25) is 47.3 Å². The molecule has 8 amide bonds. The quantitative estimate of drug-likeness (QED) is 0.0410. The minimum absolute atomic E-state index is 0.0616. The molecule has 22 heteroatoms. The second-order valence-corrected chi connectivity index (χ2v) is 15.8. The first-order valence-electron chi connectivity index (χ1n) is 20.9. The molecule has 338 valence electrons. The number of nitrogens with two attached hydrogens (primary N) is 3. The number of carbonyl (C=O) groups excluding carboxylic acids is 8. The van der Waals surface area contributed by atoms with Crippen molar-refractivity contribution in [3.63, 3.8) is 0 Å². The van der Waals surface area contributed by atoms with Gasteiger partial charge in [0, 0.05) is 25.9 Å². The first-order valence-corrected chi connectivity index (χ1v) is 20.9. The van der Waals surface area contributed by atoms with E-state index >= 15 is 0 Å². The summed E-state index contributed by atoms with van der Waals surface area (Å²) in [7, 11) is 0. The summed E-state index contributed by atoms with van der Waals surface area (Å²) >= 11 is 0. The van der Waals surface area contributed by atoms with E-state index in [0.717, 1.165) is 11.3 Å². The molecule has 0 aliphatic carbocycles. The number of carbonyl (C=O) groups is 9. The summed E-state index contributed by atoms with van der Waals surface area (Å²) in [5.74, 6) is -6.67. The number of likely N-dealkylation sites (tertiary alicyclic amines) is 2. The van der Waals surface area contributed by atoms with Crippen LogP contribution in [0.1, 0.15) is 97.3 Å². The van der Waals surface area contributed by atoms with Crippen molar-refractivity contribution in [2.75, 3.05) is 32.7 Å². The molecule has 0 radical (unpaired) electrons. The van der Waals surface area contributed by atoms with Crippen molar-refractivity contribution in [3.05, 3.63) is 0 Å². The van der Waals surface area contributed by atoms with Crippen LogP contribution in [0.3, 0.4) is 0 Å². The molecule has 3 rings (SSSR count). The molecule has 14 N–H and O–H groups in total. The van der Waals surface area contributed by atoms with Gasteiger partial charge in [0.1, 0.15) is 42.3 Å². The fourth-order valence-corrected chi connectivity index (χ4v) is 7.64. The standard InChI is InChI=1S/C38H65N11O11/c1-21(36(57)48-18-8-12-28(48)34(55)47-27(38(59)60)10-4-6-16-40)44-32(53)26(13-14-30(41)51)45-33(54)25(9-3-5-15-39)46-35(56)29-19-23(50)20-49(29)37(58)22(2)43-31(52)24-11-7-17-42-24/h21-29,42,50H,3-20,39-40H2,1-2H3,(H2,41,51)(H,43,52)(H,44,53)(H,45,54)(H,46,56)(H,47,55)(H,59,60)/t21-,22-,23+,24-,25-,26-,27-,28-,29-/m0/s1. The largest absolute Gasteiger partial charge is 0.480 e. The Morgan fingerprint density at radius 3 is 1.85 bits per heavy atom. The van der Waals surface area contributed by atoms with Crippen LogP contribution in [0.15, 0.2) is 0 Å². The van der Waals surface area contributed by atoms with Crippen molar-refractivity contribution in [2.24, 2.45) is 17.2 Å². The Kier molecular flexibility index (Phi) is 20.1. The fraction of sp³-hybridized carbons (Fsp3) is 0.763. The molecular weight excluding hydrogens is 786 g/mol. The lowest BCUT2D eigenvalue weighted by molar-refractivity contribution is -0.145. The van der Waals surface area contributed by atoms with Gasteiger partial charge < -0.3 is 69.1 Å². The Morgan fingerprint density at radius 2 is 1.25 bits per heavy atom. The number of hydrogen-bond donors (Lipinski definition) is 11. The van der Waals surface area contributed by atoms with Crippen LogP contribution >= 0.6 is 0 Å². The smallest absolute Gasteiger partial charge is 0.326 e. The number of nitrogens with one attached hydrogen (secondary N) is 6. The normalized spacial score (nSPS) is 22.5. The summed E-state index contributed by atoms with van der Waals surface area (Å²) in [6.07, 6.45) is 2.45. The molecule has 3 aliphatic rings. The molecule has 0 saturated carbocycles. The van der Waals surface area contributed by atoms with Gasteiger partial charge in [0.15, 0.2) is 0 Å². The minimum Gasteiger partial charge on any atom is -0.480 e. The summed E-state index contributed by atoms with van der Waals surface area (Å²) in [5, 5.41) is 36.1. The molecule has 60 heavy (non-hydrogen) atoms. The van der Waals surface area contributed by atoms with E-state index in [9.17, 15) is 53.4 Å². The van der Waals surface area contributed by atoms with E-state index in [2.05, 4.69) is 31.9 Å². The second-order valence-electron chi connectivity index (χ2n) is 15.8. The minimum atomic E-state index is -1.41. The summed E-state index contributed by atoms with van der Waals surface area (Å²) < 4.78 is 0. The predicted molar refractivity (Wildman–Crippen MR) is 215 cm³/mol. The summed E-state index contributed by atoms with van der Waals surface area (Å²) in [6, 6.07) is -8.71. The highest BCUT2D eigenvalue weighted by molar-refractivity contribution is 5.98. The molecule has 3 aliphatic heterocycles. The number of aliphatic hydroxyl groups excluding tert-OH is 1. The Bertz CT molecular complexity index is 1550. The van der Waals surface area contributed by atoms with Crippen molar-refractivity contribution < 1.29 is 53.4 Å². The van der Waals surface area contributed by atoms with Crippen molar-refractivity contribution in [2.45, 2.75) is 152 Å². The Hall–Kier alpha value is -4.93. The molecule has 0 unspecified atom stereocenters. The van der Waals surface area contributed by atoms with Crippen LogP contribution in [0, 0.1) is 0 Å². The molecule has 0 bridgehead atoms. The summed E-state index contributed by atoms with van der Waals surface area (Å²) in [4.78, 5) is 120. The molecule has 0 aromatic rings. The van der Waals surface area contributed by atoms with Crippen molar-refractivity contribution >= 4 is 53.2 Å². The van der Waals surface area contributed by atoms with Crippen molar-refractivity contribution in [1.82, 2.24) is 41.7 Å². The number of unbranched alkanes of at least 4 members (excludes halogenated alkanes) is 2. The molecule has 22 nitrogen and oxygen atoms in total. The zero-order valence-corrected chi connectivity index (χ0v) is 34.6. The monoisotopic (exact) mass is 851 g/mol. The van der Waals surface area contributed by atoms with E-state index in [4.69, 9.17) is 17.2 Å². The van der Waals surface area contributed by atoms with E-state index in [1.165, 1.54) is 18.7 Å². The van der Waals surface area contributed by atoms with Gasteiger partial charge in [0.25, 0.3) is 0 Å². The average Bonchev–Trinajstić information content (AvgIpc) is 4.00. The molecule has 0 aromatic carbocycles. The summed E-state index contributed by atoms with van der Waals surface area (Å²) in [5.41, 5.74) is 16.5. The van der Waals surface area contributed by atoms with E-state index in [-0.39, 0.29) is 64.1 Å². The van der Waals surface area contributed by atoms with E-state index < -0.39 is 102 Å². The number of carboxylic acid groups (broad SMARTS) is 1. The number of aliphatic hydroxyl groups is 1. The van der Waals surface area contributed by atoms with Crippen LogP contribution in [0.4, 0.5) is 0 Å². The van der Waals surface area contributed by atoms with Gasteiger partial charge in [-0.2, -0.15) is 0 Å². The van der Waals surface area contributed by atoms with Crippen LogP contribution in [0.5, 0.6) is 0 Å². The lowest BCUT2D eigenvalue weighted by atomic mass is 10.0. The third-order valence-electron chi connectivity index (χ3n) is 11.0. The summed E-state index contributed by atoms with van der Waals surface area (Å²) in [6.45, 7) is 4.16. The number of hydrogen-bond acceptors (Lipinski definition) is 13. The van der Waals surface area contributed by atoms with E-state index in [1.807, 2.05) is 0 Å². The van der Waals surface area contributed by atoms with Crippen LogP contribution < -0.4 is 49.1 Å². The number of rotatable bonds is 24. The van der Waals surface area contributed by atoms with Gasteiger partial charge in [-0.3, -0.25) is 38.4 Å². The second kappa shape index (κ2) is 24.4. The SMILES string of the molecule is C[C@H](NC(=O)[C@H](CCC(N)=O)NC(=O)[C@H](CCCCN)NC(=O)[C@@H]1C[C@@H](O)CN1C(=O)[C@H](C)NC(=O)[C@@H]1CCCN1)C(=O)N1CCC[C@H]1C(=O)N[C@@H](CCCCN)C(=O)O. The zero-order chi connectivity index (χ0) is 44.5. The molecular formula is C38H65N11O11. The third-order valence-corrected chi connectivity index (χ3v) is 11.0. The zero-order valence-electron chi connectivity index (χ0n) is 34.6. The van der Waals surface area contributed by atoms with Crippen LogP contribution in [0.2, 0.25) is 0 Å². The van der Waals surface area contributed by atoms with Crippen molar-refractivity contribution in [1.29, 1.82) is 0 Å². The molecule has 0 aromatic heterocycles. The Labute approximate surface area is 349 Å². The molecule has 9 atom stereocenters. The highest BCUT2D eigenvalue weighted by Crippen LogP contribution is 2.21.